The van der Waals surface area contributed by atoms with E-state index in [1.165, 1.54) is 31.1 Å². The summed E-state index contributed by atoms with van der Waals surface area (Å²) in [6.07, 6.45) is -0.968. The lowest BCUT2D eigenvalue weighted by Crippen LogP contribution is -2.60. The SMILES string of the molecule is CC[C@H](C)[C@@H]([C@@H](CC(=O)N1CC(N=[N+]=[N-])C[C@H]1[C@H](OC)[C@@H](C)C(=O)N[C@@H](Cc1ccccc1)C(=O)OC)OC)N(C)C(=O)[C@@H](NC(=O)[C@H](C(C)C)N(C)C)C(C)N=[N+]=[N-]. The maximum atomic E-state index is 14.5. The van der Waals surface area contributed by atoms with E-state index in [1.807, 2.05) is 58.0 Å². The van der Waals surface area contributed by atoms with Crippen LogP contribution < -0.4 is 10.6 Å². The Kier molecular flexibility index (Phi) is 20.6. The first kappa shape index (κ1) is 50.2. The first-order chi connectivity index (χ1) is 27.9. The molecular weight excluding hydrogens is 763 g/mol. The number of benzene rings is 1. The maximum Gasteiger partial charge on any atom is 0.328 e. The molecule has 2 rings (SSSR count). The van der Waals surface area contributed by atoms with Gasteiger partial charge in [0.1, 0.15) is 12.1 Å². The van der Waals surface area contributed by atoms with E-state index in [4.69, 9.17) is 14.2 Å². The number of methoxy groups -OCH3 is 3. The molecule has 0 radical (unpaired) electrons. The number of nitrogens with zero attached hydrogens (tertiary/aromatic N) is 9. The molecule has 328 valence electrons. The topological polar surface area (TPSA) is 244 Å². The van der Waals surface area contributed by atoms with Gasteiger partial charge in [-0.05, 0) is 49.0 Å². The number of nitrogens with one attached hydrogen (secondary N) is 2. The normalized spacial score (nSPS) is 19.7. The van der Waals surface area contributed by atoms with E-state index < -0.39 is 90.0 Å². The number of amides is 4. The Morgan fingerprint density at radius 1 is 0.932 bits per heavy atom. The largest absolute Gasteiger partial charge is 0.467 e. The lowest BCUT2D eigenvalue weighted by Gasteiger charge is -2.41. The minimum absolute atomic E-state index is 0.0421. The van der Waals surface area contributed by atoms with Crippen molar-refractivity contribution in [2.45, 2.75) is 122 Å². The van der Waals surface area contributed by atoms with Gasteiger partial charge < -0.3 is 34.6 Å². The van der Waals surface area contributed by atoms with Gasteiger partial charge in [0.25, 0.3) is 0 Å². The second-order valence-corrected chi connectivity index (χ2v) is 15.9. The summed E-state index contributed by atoms with van der Waals surface area (Å²) in [6, 6.07) is 3.40. The summed E-state index contributed by atoms with van der Waals surface area (Å²) < 4.78 is 16.9. The molecule has 1 aromatic rings. The molecule has 1 heterocycles. The summed E-state index contributed by atoms with van der Waals surface area (Å²) in [4.78, 5) is 79.5. The summed E-state index contributed by atoms with van der Waals surface area (Å²) in [5.41, 5.74) is 19.4. The van der Waals surface area contributed by atoms with Crippen LogP contribution in [0.1, 0.15) is 66.4 Å². The molecule has 0 saturated carbocycles. The smallest absolute Gasteiger partial charge is 0.328 e. The first-order valence-corrected chi connectivity index (χ1v) is 20.0. The number of likely N-dealkylation sites (N-methyl/N-ethyl adjacent to an activating group) is 2. The zero-order valence-corrected chi connectivity index (χ0v) is 36.6. The number of rotatable bonds is 23. The molecule has 1 aromatic carbocycles. The highest BCUT2D eigenvalue weighted by atomic mass is 16.5. The van der Waals surface area contributed by atoms with Gasteiger partial charge in [-0.1, -0.05) is 88.5 Å². The Morgan fingerprint density at radius 2 is 1.58 bits per heavy atom. The standard InChI is InChI=1S/C40H65N11O8/c1-13-24(4)35(50(9)39(55)33(26(6)45-47-41)44-38(54)34(23(2)3)49(7)8)31(57-10)21-32(52)51-22-28(46-48-42)20-30(51)36(58-11)25(5)37(53)43-29(40(56)59-12)19-27-17-15-14-16-18-27/h14-18,23-26,28-31,33-36H,13,19-22H2,1-12H3,(H,43,53)(H,44,54)/t24-,25+,26?,28?,29-,30-,31+,33-,34-,35-,36+/m0/s1. The average molecular weight is 828 g/mol. The number of esters is 1. The van der Waals surface area contributed by atoms with Gasteiger partial charge in [0, 0.05) is 44.1 Å². The fraction of sp³-hybridized carbons (Fsp3) is 0.725. The highest BCUT2D eigenvalue weighted by Gasteiger charge is 2.46. The van der Waals surface area contributed by atoms with E-state index in [-0.39, 0.29) is 37.6 Å². The number of ether oxygens (including phenoxy) is 3. The highest BCUT2D eigenvalue weighted by Crippen LogP contribution is 2.31. The number of carbonyl (C=O) groups excluding carboxylic acids is 5. The van der Waals surface area contributed by atoms with Crippen molar-refractivity contribution in [2.75, 3.05) is 49.0 Å². The Labute approximate surface area is 348 Å². The van der Waals surface area contributed by atoms with Gasteiger partial charge in [0.15, 0.2) is 0 Å². The van der Waals surface area contributed by atoms with Crippen molar-refractivity contribution in [1.82, 2.24) is 25.3 Å². The number of hydrogen-bond acceptors (Lipinski definition) is 11. The van der Waals surface area contributed by atoms with E-state index in [0.717, 1.165) is 5.56 Å². The molecule has 1 saturated heterocycles. The van der Waals surface area contributed by atoms with E-state index in [2.05, 4.69) is 30.7 Å². The van der Waals surface area contributed by atoms with Crippen LogP contribution in [0.2, 0.25) is 0 Å². The molecule has 2 unspecified atom stereocenters. The maximum absolute atomic E-state index is 14.5. The molecule has 19 heteroatoms. The number of carbonyl (C=O) groups is 5. The monoisotopic (exact) mass is 828 g/mol. The molecule has 4 amide bonds. The van der Waals surface area contributed by atoms with E-state index in [0.29, 0.717) is 6.42 Å². The predicted octanol–water partition coefficient (Wildman–Crippen LogP) is 3.87. The quantitative estimate of drug-likeness (QED) is 0.0703. The molecule has 1 aliphatic rings. The lowest BCUT2D eigenvalue weighted by molar-refractivity contribution is -0.148. The Morgan fingerprint density at radius 3 is 2.08 bits per heavy atom. The van der Waals surface area contributed by atoms with Crippen molar-refractivity contribution in [1.29, 1.82) is 0 Å². The van der Waals surface area contributed by atoms with Crippen molar-refractivity contribution < 1.29 is 38.2 Å². The molecule has 0 spiro atoms. The predicted molar refractivity (Wildman–Crippen MR) is 221 cm³/mol. The number of likely N-dealkylation sites (tertiary alicyclic amines) is 1. The van der Waals surface area contributed by atoms with Crippen LogP contribution in [0.4, 0.5) is 0 Å². The molecule has 1 fully saturated rings. The van der Waals surface area contributed by atoms with Crippen LogP contribution >= 0.6 is 0 Å². The summed E-state index contributed by atoms with van der Waals surface area (Å²) >= 11 is 0. The molecule has 0 aromatic heterocycles. The summed E-state index contributed by atoms with van der Waals surface area (Å²) in [7, 11) is 9.21. The molecular formula is C40H65N11O8. The lowest BCUT2D eigenvalue weighted by atomic mass is 9.89. The van der Waals surface area contributed by atoms with Crippen LogP contribution in [0.25, 0.3) is 20.9 Å². The van der Waals surface area contributed by atoms with Crippen molar-refractivity contribution >= 4 is 29.6 Å². The summed E-state index contributed by atoms with van der Waals surface area (Å²) in [5.74, 6) is -3.63. The molecule has 0 aliphatic carbocycles. The molecule has 1 aliphatic heterocycles. The minimum atomic E-state index is -1.22. The van der Waals surface area contributed by atoms with Crippen LogP contribution in [0.15, 0.2) is 40.6 Å². The Balaban J connectivity index is 2.45. The van der Waals surface area contributed by atoms with Crippen molar-refractivity contribution in [3.05, 3.63) is 56.8 Å². The van der Waals surface area contributed by atoms with Gasteiger partial charge in [-0.3, -0.25) is 24.1 Å². The third-order valence-electron chi connectivity index (χ3n) is 11.3. The van der Waals surface area contributed by atoms with Crippen LogP contribution in [0, 0.1) is 17.8 Å². The van der Waals surface area contributed by atoms with Crippen LogP contribution in [0.5, 0.6) is 0 Å². The van der Waals surface area contributed by atoms with E-state index >= 15 is 0 Å². The van der Waals surface area contributed by atoms with E-state index in [9.17, 15) is 35.0 Å². The second kappa shape index (κ2) is 24.2. The van der Waals surface area contributed by atoms with E-state index in [1.54, 1.807) is 39.9 Å². The minimum Gasteiger partial charge on any atom is -0.467 e. The zero-order chi connectivity index (χ0) is 44.6. The summed E-state index contributed by atoms with van der Waals surface area (Å²) in [5, 5.41) is 13.3. The van der Waals surface area contributed by atoms with Gasteiger partial charge in [-0.15, -0.1) is 0 Å². The summed E-state index contributed by atoms with van der Waals surface area (Å²) in [6.45, 7) is 10.9. The third-order valence-corrected chi connectivity index (χ3v) is 11.3. The molecule has 2 N–H and O–H groups in total. The van der Waals surface area contributed by atoms with Gasteiger partial charge in [0.05, 0.1) is 61.9 Å². The van der Waals surface area contributed by atoms with Crippen molar-refractivity contribution in [3.8, 4) is 0 Å². The molecule has 19 nitrogen and oxygen atoms in total. The first-order valence-electron chi connectivity index (χ1n) is 20.0. The van der Waals surface area contributed by atoms with Crippen molar-refractivity contribution in [3.63, 3.8) is 0 Å². The fourth-order valence-electron chi connectivity index (χ4n) is 8.08. The Bertz CT molecular complexity index is 1650. The van der Waals surface area contributed by atoms with Crippen LogP contribution in [0.3, 0.4) is 0 Å². The van der Waals surface area contributed by atoms with Crippen molar-refractivity contribution in [2.24, 2.45) is 28.0 Å². The second-order valence-electron chi connectivity index (χ2n) is 15.9. The van der Waals surface area contributed by atoms with Gasteiger partial charge in [-0.25, -0.2) is 4.79 Å². The number of azide groups is 2. The Hall–Kier alpha value is -4.93. The van der Waals surface area contributed by atoms with Crippen LogP contribution in [-0.4, -0.2) is 148 Å². The molecule has 0 bridgehead atoms. The fourth-order valence-corrected chi connectivity index (χ4v) is 8.08. The van der Waals surface area contributed by atoms with Gasteiger partial charge in [-0.2, -0.15) is 0 Å². The van der Waals surface area contributed by atoms with Gasteiger partial charge >= 0.3 is 5.97 Å². The average Bonchev–Trinajstić information content (AvgIpc) is 3.62. The van der Waals surface area contributed by atoms with Gasteiger partial charge in [0.2, 0.25) is 23.6 Å². The molecule has 59 heavy (non-hydrogen) atoms. The molecule has 11 atom stereocenters. The zero-order valence-electron chi connectivity index (χ0n) is 36.6. The van der Waals surface area contributed by atoms with Crippen LogP contribution in [-0.2, 0) is 44.6 Å². The third kappa shape index (κ3) is 13.5. The highest BCUT2D eigenvalue weighted by molar-refractivity contribution is 5.91. The number of hydrogen-bond donors (Lipinski definition) is 2.